The summed E-state index contributed by atoms with van der Waals surface area (Å²) in [5.41, 5.74) is 0.392. The van der Waals surface area contributed by atoms with Gasteiger partial charge in [-0.3, -0.25) is 9.79 Å². The molecule has 0 spiro atoms. The molecule has 0 unspecified atom stereocenters. The molecule has 2 amide bonds. The third kappa shape index (κ3) is 4.75. The number of nitrogens with zero attached hydrogens (tertiary/aromatic N) is 2. The Morgan fingerprint density at radius 2 is 2.12 bits per heavy atom. The molecule has 0 saturated carbocycles. The number of amidine groups is 1. The summed E-state index contributed by atoms with van der Waals surface area (Å²) in [5, 5.41) is 5.59. The van der Waals surface area contributed by atoms with E-state index in [0.29, 0.717) is 18.1 Å². The number of aliphatic imine (C=N–C) groups is 1. The smallest absolute Gasteiger partial charge is 0.407 e. The van der Waals surface area contributed by atoms with Crippen molar-refractivity contribution in [2.45, 2.75) is 38.8 Å². The molecule has 2 N–H and O–H groups in total. The van der Waals surface area contributed by atoms with Gasteiger partial charge in [0.25, 0.3) is 0 Å². The minimum Gasteiger partial charge on any atom is -0.453 e. The van der Waals surface area contributed by atoms with E-state index in [4.69, 9.17) is 6.42 Å². The summed E-state index contributed by atoms with van der Waals surface area (Å²) in [6.45, 7) is 8.05. The first kappa shape index (κ1) is 19.6. The number of likely N-dealkylation sites (tertiary alicyclic amines) is 1. The molecule has 1 heterocycles. The average Bonchev–Trinajstić information content (AvgIpc) is 3.05. The fourth-order valence-corrected chi connectivity index (χ4v) is 2.67. The Hall–Kier alpha value is -2.49. The molecule has 0 aromatic carbocycles. The van der Waals surface area contributed by atoms with Gasteiger partial charge < -0.3 is 20.3 Å². The van der Waals surface area contributed by atoms with Crippen molar-refractivity contribution in [3.63, 3.8) is 0 Å². The van der Waals surface area contributed by atoms with E-state index in [0.717, 1.165) is 12.8 Å². The van der Waals surface area contributed by atoms with Gasteiger partial charge in [-0.2, -0.15) is 0 Å². The quantitative estimate of drug-likeness (QED) is 0.448. The molecular formula is C17H26N4O3. The second kappa shape index (κ2) is 8.96. The maximum Gasteiger partial charge on any atom is 0.407 e. The predicted octanol–water partition coefficient (Wildman–Crippen LogP) is 1.12. The van der Waals surface area contributed by atoms with Crippen LogP contribution in [-0.2, 0) is 9.53 Å². The third-order valence-corrected chi connectivity index (χ3v) is 3.94. The zero-order chi connectivity index (χ0) is 18.3. The zero-order valence-corrected chi connectivity index (χ0v) is 14.8. The van der Waals surface area contributed by atoms with E-state index in [1.807, 2.05) is 13.8 Å². The van der Waals surface area contributed by atoms with Gasteiger partial charge in [0, 0.05) is 13.6 Å². The Labute approximate surface area is 143 Å². The van der Waals surface area contributed by atoms with Crippen LogP contribution in [-0.4, -0.2) is 55.5 Å². The van der Waals surface area contributed by atoms with Gasteiger partial charge >= 0.3 is 6.09 Å². The molecule has 24 heavy (non-hydrogen) atoms. The van der Waals surface area contributed by atoms with Gasteiger partial charge in [-0.15, -0.1) is 6.42 Å². The number of rotatable bonds is 5. The first-order valence-corrected chi connectivity index (χ1v) is 7.89. The molecule has 7 nitrogen and oxygen atoms in total. The Kier molecular flexibility index (Phi) is 7.31. The first-order valence-electron chi connectivity index (χ1n) is 7.89. The minimum atomic E-state index is -0.660. The van der Waals surface area contributed by atoms with Crippen LogP contribution in [0.15, 0.2) is 17.3 Å². The van der Waals surface area contributed by atoms with E-state index in [9.17, 15) is 9.59 Å². The van der Waals surface area contributed by atoms with Gasteiger partial charge in [-0.05, 0) is 18.8 Å². The molecule has 2 atom stereocenters. The Balaban J connectivity index is 2.96. The SMILES string of the molecule is C#CC(=C)NC(=NC)[C@@H]1CCCN1C(=O)[C@@H](NC(=O)OC)C(C)C. The highest BCUT2D eigenvalue weighted by Gasteiger charge is 2.37. The van der Waals surface area contributed by atoms with Gasteiger partial charge in [-0.25, -0.2) is 4.79 Å². The van der Waals surface area contributed by atoms with Crippen molar-refractivity contribution in [3.8, 4) is 12.3 Å². The lowest BCUT2D eigenvalue weighted by atomic mass is 10.0. The average molecular weight is 334 g/mol. The van der Waals surface area contributed by atoms with E-state index >= 15 is 0 Å². The number of hydrogen-bond donors (Lipinski definition) is 2. The molecular weight excluding hydrogens is 308 g/mol. The van der Waals surface area contributed by atoms with Crippen LogP contribution in [0.5, 0.6) is 0 Å². The van der Waals surface area contributed by atoms with Crippen molar-refractivity contribution in [3.05, 3.63) is 12.3 Å². The van der Waals surface area contributed by atoms with Crippen molar-refractivity contribution >= 4 is 17.8 Å². The number of hydrogen-bond acceptors (Lipinski definition) is 4. The summed E-state index contributed by atoms with van der Waals surface area (Å²) in [4.78, 5) is 30.4. The van der Waals surface area contributed by atoms with Crippen molar-refractivity contribution in [2.24, 2.45) is 10.9 Å². The highest BCUT2D eigenvalue weighted by molar-refractivity contribution is 5.95. The fourth-order valence-electron chi connectivity index (χ4n) is 2.67. The molecule has 0 aliphatic carbocycles. The molecule has 0 aromatic heterocycles. The summed E-state index contributed by atoms with van der Waals surface area (Å²) >= 11 is 0. The summed E-state index contributed by atoms with van der Waals surface area (Å²) in [6, 6.07) is -0.875. The largest absolute Gasteiger partial charge is 0.453 e. The second-order valence-electron chi connectivity index (χ2n) is 5.90. The number of nitrogens with one attached hydrogen (secondary N) is 2. The number of methoxy groups -OCH3 is 1. The van der Waals surface area contributed by atoms with Crippen molar-refractivity contribution < 1.29 is 14.3 Å². The van der Waals surface area contributed by atoms with Gasteiger partial charge in [-0.1, -0.05) is 26.3 Å². The lowest BCUT2D eigenvalue weighted by molar-refractivity contribution is -0.134. The van der Waals surface area contributed by atoms with Gasteiger partial charge in [0.2, 0.25) is 5.91 Å². The lowest BCUT2D eigenvalue weighted by Crippen LogP contribution is -2.55. The van der Waals surface area contributed by atoms with Crippen molar-refractivity contribution in [1.82, 2.24) is 15.5 Å². The summed E-state index contributed by atoms with van der Waals surface area (Å²) in [6.07, 6.45) is 6.31. The topological polar surface area (TPSA) is 83.0 Å². The number of carbonyl (C=O) groups is 2. The maximum absolute atomic E-state index is 12.9. The standard InChI is InChI=1S/C17H26N4O3/c1-7-12(4)19-15(18-5)13-9-8-10-21(13)16(22)14(11(2)3)20-17(23)24-6/h1,11,13-14H,4,8-10H2,2-3,5-6H3,(H,18,19)(H,20,23)/t13-,14-/m0/s1. The van der Waals surface area contributed by atoms with E-state index in [1.54, 1.807) is 11.9 Å². The van der Waals surface area contributed by atoms with Crippen molar-refractivity contribution in [2.75, 3.05) is 20.7 Å². The number of terminal acetylenes is 1. The molecule has 1 aliphatic heterocycles. The Bertz CT molecular complexity index is 563. The lowest BCUT2D eigenvalue weighted by Gasteiger charge is -2.31. The molecule has 132 valence electrons. The van der Waals surface area contributed by atoms with Gasteiger partial charge in [0.05, 0.1) is 18.8 Å². The summed E-state index contributed by atoms with van der Waals surface area (Å²) in [7, 11) is 2.91. The molecule has 1 fully saturated rings. The molecule has 0 radical (unpaired) electrons. The minimum absolute atomic E-state index is 0.0755. The maximum atomic E-state index is 12.9. The van der Waals surface area contributed by atoms with Gasteiger partial charge in [0.1, 0.15) is 11.9 Å². The zero-order valence-electron chi connectivity index (χ0n) is 14.8. The van der Waals surface area contributed by atoms with E-state index in [2.05, 4.69) is 32.9 Å². The molecule has 0 aromatic rings. The van der Waals surface area contributed by atoms with E-state index < -0.39 is 12.1 Å². The fraction of sp³-hybridized carbons (Fsp3) is 0.588. The van der Waals surface area contributed by atoms with Crippen LogP contribution in [0, 0.1) is 18.3 Å². The molecule has 7 heteroatoms. The third-order valence-electron chi connectivity index (χ3n) is 3.94. The number of amides is 2. The van der Waals surface area contributed by atoms with Crippen LogP contribution in [0.2, 0.25) is 0 Å². The van der Waals surface area contributed by atoms with Crippen LogP contribution in [0.4, 0.5) is 4.79 Å². The number of alkyl carbamates (subject to hydrolysis) is 1. The number of ether oxygens (including phenoxy) is 1. The molecule has 1 aliphatic rings. The Morgan fingerprint density at radius 3 is 2.62 bits per heavy atom. The molecule has 1 rings (SSSR count). The van der Waals surface area contributed by atoms with Crippen molar-refractivity contribution in [1.29, 1.82) is 0 Å². The number of carbonyl (C=O) groups excluding carboxylic acids is 2. The van der Waals surface area contributed by atoms with Crippen LogP contribution in [0.1, 0.15) is 26.7 Å². The van der Waals surface area contributed by atoms with Crippen LogP contribution < -0.4 is 10.6 Å². The number of allylic oxidation sites excluding steroid dienone is 1. The monoisotopic (exact) mass is 334 g/mol. The van der Waals surface area contributed by atoms with Crippen LogP contribution >= 0.6 is 0 Å². The normalized spacial score (nSPS) is 18.8. The Morgan fingerprint density at radius 1 is 1.46 bits per heavy atom. The van der Waals surface area contributed by atoms with Crippen LogP contribution in [0.3, 0.4) is 0 Å². The first-order chi connectivity index (χ1) is 11.3. The molecule has 1 saturated heterocycles. The summed E-state index contributed by atoms with van der Waals surface area (Å²) in [5.74, 6) is 2.77. The van der Waals surface area contributed by atoms with Gasteiger partial charge in [0.15, 0.2) is 0 Å². The molecule has 0 bridgehead atoms. The summed E-state index contributed by atoms with van der Waals surface area (Å²) < 4.78 is 4.62. The highest BCUT2D eigenvalue weighted by atomic mass is 16.5. The van der Waals surface area contributed by atoms with E-state index in [-0.39, 0.29) is 17.9 Å². The second-order valence-corrected chi connectivity index (χ2v) is 5.90. The highest BCUT2D eigenvalue weighted by Crippen LogP contribution is 2.21. The van der Waals surface area contributed by atoms with Crippen LogP contribution in [0.25, 0.3) is 0 Å². The van der Waals surface area contributed by atoms with E-state index in [1.165, 1.54) is 7.11 Å². The predicted molar refractivity (Wildman–Crippen MR) is 93.4 cm³/mol.